The minimum atomic E-state index is -0.608. The third-order valence-corrected chi connectivity index (χ3v) is 6.15. The van der Waals surface area contributed by atoms with Crippen LogP contribution in [0, 0.1) is 6.92 Å². The van der Waals surface area contributed by atoms with Crippen LogP contribution in [0.25, 0.3) is 10.6 Å². The Kier molecular flexibility index (Phi) is 5.81. The van der Waals surface area contributed by atoms with Gasteiger partial charge in [-0.05, 0) is 43.7 Å². The van der Waals surface area contributed by atoms with Crippen LogP contribution in [0.2, 0.25) is 0 Å². The van der Waals surface area contributed by atoms with Crippen LogP contribution in [0.4, 0.5) is 16.8 Å². The minimum Gasteiger partial charge on any atom is -0.368 e. The van der Waals surface area contributed by atoms with Crippen molar-refractivity contribution in [2.24, 2.45) is 5.73 Å². The maximum atomic E-state index is 12.5. The fourth-order valence-corrected chi connectivity index (χ4v) is 4.23. The maximum absolute atomic E-state index is 12.5. The Morgan fingerprint density at radius 2 is 2.06 bits per heavy atom. The van der Waals surface area contributed by atoms with Gasteiger partial charge in [-0.25, -0.2) is 15.0 Å². The van der Waals surface area contributed by atoms with E-state index in [-0.39, 0.29) is 12.5 Å². The van der Waals surface area contributed by atoms with Crippen LogP contribution >= 0.6 is 11.3 Å². The summed E-state index contributed by atoms with van der Waals surface area (Å²) >= 11 is 1.47. The molecule has 0 spiro atoms. The number of thiazole rings is 1. The van der Waals surface area contributed by atoms with E-state index in [2.05, 4.69) is 20.3 Å². The zero-order valence-corrected chi connectivity index (χ0v) is 18.1. The second-order valence-electron chi connectivity index (χ2n) is 7.35. The summed E-state index contributed by atoms with van der Waals surface area (Å²) in [4.78, 5) is 41.7. The van der Waals surface area contributed by atoms with E-state index < -0.39 is 11.9 Å². The quantitative estimate of drug-likeness (QED) is 0.607. The summed E-state index contributed by atoms with van der Waals surface area (Å²) in [5, 5.41) is 3.96. The van der Waals surface area contributed by atoms with Crippen LogP contribution in [-0.4, -0.2) is 57.3 Å². The highest BCUT2D eigenvalue weighted by atomic mass is 32.1. The highest BCUT2D eigenvalue weighted by molar-refractivity contribution is 7.18. The van der Waals surface area contributed by atoms with E-state index in [1.165, 1.54) is 16.2 Å². The first kappa shape index (κ1) is 20.7. The molecule has 0 saturated carbocycles. The summed E-state index contributed by atoms with van der Waals surface area (Å²) in [6.45, 7) is 4.84. The number of hydrogen-bond donors (Lipinski definition) is 2. The number of rotatable bonds is 6. The van der Waals surface area contributed by atoms with Crippen molar-refractivity contribution < 1.29 is 9.59 Å². The topological polar surface area (TPSA) is 117 Å². The number of anilines is 3. The molecule has 1 aliphatic heterocycles. The largest absolute Gasteiger partial charge is 0.368 e. The predicted molar refractivity (Wildman–Crippen MR) is 120 cm³/mol. The van der Waals surface area contributed by atoms with E-state index in [1.54, 1.807) is 19.3 Å². The molecule has 0 aliphatic carbocycles. The number of nitrogens with two attached hydrogens (primary N) is 1. The monoisotopic (exact) mass is 437 g/mol. The van der Waals surface area contributed by atoms with Crippen molar-refractivity contribution in [2.45, 2.75) is 19.9 Å². The minimum absolute atomic E-state index is 0.135. The Balaban J connectivity index is 1.47. The van der Waals surface area contributed by atoms with Gasteiger partial charge in [-0.15, -0.1) is 0 Å². The number of pyridine rings is 2. The summed E-state index contributed by atoms with van der Waals surface area (Å²) in [5.41, 5.74) is 7.24. The molecule has 10 heteroatoms. The Bertz CT molecular complexity index is 1120. The summed E-state index contributed by atoms with van der Waals surface area (Å²) in [6.07, 6.45) is 3.52. The van der Waals surface area contributed by atoms with Gasteiger partial charge in [-0.1, -0.05) is 17.4 Å². The molecule has 1 fully saturated rings. The van der Waals surface area contributed by atoms with Gasteiger partial charge in [0, 0.05) is 25.5 Å². The third-order valence-electron chi connectivity index (χ3n) is 5.07. The fraction of sp³-hybridized carbons (Fsp3) is 0.286. The molecule has 0 bridgehead atoms. The molecule has 1 aliphatic rings. The van der Waals surface area contributed by atoms with Crippen molar-refractivity contribution in [2.75, 3.05) is 29.9 Å². The van der Waals surface area contributed by atoms with Crippen molar-refractivity contribution in [3.63, 3.8) is 0 Å². The van der Waals surface area contributed by atoms with Crippen molar-refractivity contribution >= 4 is 39.9 Å². The van der Waals surface area contributed by atoms with Crippen molar-refractivity contribution in [1.82, 2.24) is 19.9 Å². The van der Waals surface area contributed by atoms with Gasteiger partial charge < -0.3 is 20.9 Å². The lowest BCUT2D eigenvalue weighted by Crippen LogP contribution is -2.56. The molecule has 3 aromatic heterocycles. The number of carbonyl (C=O) groups is 2. The molecule has 31 heavy (non-hydrogen) atoms. The van der Waals surface area contributed by atoms with Crippen LogP contribution < -0.4 is 16.0 Å². The number of nitrogens with zero attached hydrogens (tertiary/aromatic N) is 5. The van der Waals surface area contributed by atoms with Gasteiger partial charge in [-0.2, -0.15) is 0 Å². The number of aryl methyl sites for hydroxylation is 1. The number of amides is 2. The first-order valence-electron chi connectivity index (χ1n) is 9.87. The molecule has 4 heterocycles. The van der Waals surface area contributed by atoms with Gasteiger partial charge in [0.1, 0.15) is 17.7 Å². The Labute approximate surface area is 183 Å². The molecular formula is C21H23N7O2S. The molecular weight excluding hydrogens is 414 g/mol. The summed E-state index contributed by atoms with van der Waals surface area (Å²) in [6, 6.07) is 9.01. The van der Waals surface area contributed by atoms with Gasteiger partial charge in [-0.3, -0.25) is 9.59 Å². The van der Waals surface area contributed by atoms with Crippen molar-refractivity contribution in [3.8, 4) is 10.6 Å². The molecule has 9 nitrogen and oxygen atoms in total. The molecule has 0 radical (unpaired) electrons. The van der Waals surface area contributed by atoms with Crippen LogP contribution in [0.3, 0.4) is 0 Å². The highest BCUT2D eigenvalue weighted by Gasteiger charge is 2.31. The van der Waals surface area contributed by atoms with Crippen LogP contribution in [0.5, 0.6) is 0 Å². The zero-order chi connectivity index (χ0) is 22.0. The Morgan fingerprint density at radius 1 is 1.23 bits per heavy atom. The second kappa shape index (κ2) is 8.68. The van der Waals surface area contributed by atoms with Gasteiger partial charge >= 0.3 is 0 Å². The van der Waals surface area contributed by atoms with E-state index in [1.807, 2.05) is 42.2 Å². The van der Waals surface area contributed by atoms with Crippen LogP contribution in [-0.2, 0) is 9.59 Å². The normalized spacial score (nSPS) is 15.1. The molecule has 1 saturated heterocycles. The van der Waals surface area contributed by atoms with Gasteiger partial charge in [0.05, 0.1) is 17.1 Å². The first-order valence-corrected chi connectivity index (χ1v) is 10.7. The molecule has 3 aromatic rings. The van der Waals surface area contributed by atoms with Crippen molar-refractivity contribution in [1.29, 1.82) is 0 Å². The van der Waals surface area contributed by atoms with Gasteiger partial charge in [0.15, 0.2) is 5.13 Å². The Morgan fingerprint density at radius 3 is 2.81 bits per heavy atom. The molecule has 160 valence electrons. The van der Waals surface area contributed by atoms with Crippen LogP contribution in [0.15, 0.2) is 42.7 Å². The van der Waals surface area contributed by atoms with Crippen molar-refractivity contribution in [3.05, 3.63) is 48.3 Å². The smallest absolute Gasteiger partial charge is 0.242 e. The molecule has 4 rings (SSSR count). The third kappa shape index (κ3) is 4.64. The average Bonchev–Trinajstić information content (AvgIpc) is 3.24. The number of carbonyl (C=O) groups excluding carboxylic acids is 2. The summed E-state index contributed by atoms with van der Waals surface area (Å²) in [7, 11) is 0. The maximum Gasteiger partial charge on any atom is 0.242 e. The lowest BCUT2D eigenvalue weighted by atomic mass is 10.2. The van der Waals surface area contributed by atoms with E-state index >= 15 is 0 Å². The SMILES string of the molecule is Cc1ccnc(Nc2cccc(-c3cnc(N4CCN(C(C)C(N)=O)C(=O)C4)s3)n2)c1. The van der Waals surface area contributed by atoms with E-state index in [9.17, 15) is 9.59 Å². The van der Waals surface area contributed by atoms with Gasteiger partial charge in [0.2, 0.25) is 11.8 Å². The van der Waals surface area contributed by atoms with E-state index in [4.69, 9.17) is 5.73 Å². The average molecular weight is 438 g/mol. The highest BCUT2D eigenvalue weighted by Crippen LogP contribution is 2.31. The molecule has 1 unspecified atom stereocenters. The molecule has 3 N–H and O–H groups in total. The lowest BCUT2D eigenvalue weighted by molar-refractivity contribution is -0.138. The number of aromatic nitrogens is 3. The van der Waals surface area contributed by atoms with E-state index in [0.717, 1.165) is 27.1 Å². The standard InChI is InChI=1S/C21H23N7O2S/c1-13-6-7-23-18(10-13)26-17-5-3-4-15(25-17)16-11-24-21(31-16)27-8-9-28(19(29)12-27)14(2)20(22)30/h3-7,10-11,14H,8-9,12H2,1-2H3,(H2,22,30)(H,23,25,26). The Hall–Kier alpha value is -3.53. The van der Waals surface area contributed by atoms with E-state index in [0.29, 0.717) is 18.9 Å². The predicted octanol–water partition coefficient (Wildman–Crippen LogP) is 2.17. The second-order valence-corrected chi connectivity index (χ2v) is 8.35. The lowest BCUT2D eigenvalue weighted by Gasteiger charge is -2.36. The van der Waals surface area contributed by atoms with Crippen LogP contribution in [0.1, 0.15) is 12.5 Å². The van der Waals surface area contributed by atoms with Gasteiger partial charge in [0.25, 0.3) is 0 Å². The number of nitrogens with one attached hydrogen (secondary N) is 1. The number of primary amides is 1. The summed E-state index contributed by atoms with van der Waals surface area (Å²) in [5.74, 6) is 0.786. The molecule has 0 aromatic carbocycles. The molecule has 2 amide bonds. The molecule has 1 atom stereocenters. The summed E-state index contributed by atoms with van der Waals surface area (Å²) < 4.78 is 0. The number of piperazine rings is 1. The number of hydrogen-bond acceptors (Lipinski definition) is 8. The fourth-order valence-electron chi connectivity index (χ4n) is 3.32. The first-order chi connectivity index (χ1) is 14.9. The zero-order valence-electron chi connectivity index (χ0n) is 17.3.